The van der Waals surface area contributed by atoms with Crippen molar-refractivity contribution in [3.63, 3.8) is 0 Å². The molecule has 126 valence electrons. The topological polar surface area (TPSA) is 32.8 Å². The van der Waals surface area contributed by atoms with Crippen molar-refractivity contribution in [1.82, 2.24) is 9.80 Å². The largest absolute Gasteiger partial charge is 0.373 e. The van der Waals surface area contributed by atoms with Crippen LogP contribution in [0.2, 0.25) is 0 Å². The molecule has 5 heteroatoms. The number of rotatable bonds is 3. The molecule has 2 heterocycles. The van der Waals surface area contributed by atoms with Crippen molar-refractivity contribution in [3.05, 3.63) is 34.3 Å². The number of morpholine rings is 1. The van der Waals surface area contributed by atoms with E-state index < -0.39 is 0 Å². The van der Waals surface area contributed by atoms with Gasteiger partial charge in [0.2, 0.25) is 0 Å². The van der Waals surface area contributed by atoms with Gasteiger partial charge in [-0.25, -0.2) is 0 Å². The van der Waals surface area contributed by atoms with Gasteiger partial charge in [0.15, 0.2) is 0 Å². The van der Waals surface area contributed by atoms with Gasteiger partial charge in [-0.1, -0.05) is 15.9 Å². The van der Waals surface area contributed by atoms with E-state index in [1.165, 1.54) is 0 Å². The van der Waals surface area contributed by atoms with Crippen LogP contribution in [-0.2, 0) is 4.74 Å². The first-order valence-electron chi connectivity index (χ1n) is 8.47. The highest BCUT2D eigenvalue weighted by atomic mass is 79.9. The minimum Gasteiger partial charge on any atom is -0.373 e. The molecule has 0 saturated carbocycles. The van der Waals surface area contributed by atoms with Crippen molar-refractivity contribution < 1.29 is 9.53 Å². The fraction of sp³-hybridized carbons (Fsp3) is 0.611. The van der Waals surface area contributed by atoms with Crippen molar-refractivity contribution >= 4 is 21.8 Å². The number of nitrogens with zero attached hydrogens (tertiary/aromatic N) is 2. The standard InChI is InChI=1S/C18H25BrN2O2/c1-13-10-20(11-14(2)23-13)12-17-4-3-9-21(17)18(22)15-5-7-16(19)8-6-15/h5-8,13-14,17H,3-4,9-12H2,1-2H3/t13-,14+,17-/m0/s1. The van der Waals surface area contributed by atoms with E-state index in [0.29, 0.717) is 6.04 Å². The van der Waals surface area contributed by atoms with E-state index in [4.69, 9.17) is 4.74 Å². The number of carbonyl (C=O) groups excluding carboxylic acids is 1. The number of halogens is 1. The number of hydrogen-bond acceptors (Lipinski definition) is 3. The lowest BCUT2D eigenvalue weighted by molar-refractivity contribution is -0.0715. The Bertz CT molecular complexity index is 538. The van der Waals surface area contributed by atoms with Crippen molar-refractivity contribution in [2.24, 2.45) is 0 Å². The van der Waals surface area contributed by atoms with Gasteiger partial charge >= 0.3 is 0 Å². The molecule has 23 heavy (non-hydrogen) atoms. The van der Waals surface area contributed by atoms with Crippen molar-refractivity contribution in [2.75, 3.05) is 26.2 Å². The summed E-state index contributed by atoms with van der Waals surface area (Å²) >= 11 is 3.42. The lowest BCUT2D eigenvalue weighted by atomic mass is 10.1. The zero-order chi connectivity index (χ0) is 16.4. The number of ether oxygens (including phenoxy) is 1. The lowest BCUT2D eigenvalue weighted by Gasteiger charge is -2.38. The van der Waals surface area contributed by atoms with E-state index in [9.17, 15) is 4.79 Å². The van der Waals surface area contributed by atoms with E-state index in [1.807, 2.05) is 24.3 Å². The zero-order valence-corrected chi connectivity index (χ0v) is 15.5. The molecule has 1 aromatic carbocycles. The van der Waals surface area contributed by atoms with Gasteiger partial charge in [-0.3, -0.25) is 9.69 Å². The summed E-state index contributed by atoms with van der Waals surface area (Å²) in [5, 5.41) is 0. The van der Waals surface area contributed by atoms with Crippen molar-refractivity contribution in [2.45, 2.75) is 44.9 Å². The van der Waals surface area contributed by atoms with E-state index in [0.717, 1.165) is 49.1 Å². The van der Waals surface area contributed by atoms with Crippen LogP contribution in [0.25, 0.3) is 0 Å². The molecule has 0 spiro atoms. The molecule has 3 atom stereocenters. The van der Waals surface area contributed by atoms with Gasteiger partial charge in [0.05, 0.1) is 12.2 Å². The first-order chi connectivity index (χ1) is 11.0. The minimum absolute atomic E-state index is 0.161. The van der Waals surface area contributed by atoms with Crippen LogP contribution in [0.4, 0.5) is 0 Å². The molecule has 4 nitrogen and oxygen atoms in total. The van der Waals surface area contributed by atoms with E-state index in [2.05, 4.69) is 39.6 Å². The van der Waals surface area contributed by atoms with Crippen LogP contribution in [0.15, 0.2) is 28.7 Å². The predicted molar refractivity (Wildman–Crippen MR) is 94.6 cm³/mol. The first-order valence-corrected chi connectivity index (χ1v) is 9.26. The molecule has 3 rings (SSSR count). The average Bonchev–Trinajstić information content (AvgIpc) is 2.94. The molecule has 2 fully saturated rings. The third kappa shape index (κ3) is 4.14. The number of likely N-dealkylation sites (tertiary alicyclic amines) is 1. The van der Waals surface area contributed by atoms with Crippen molar-refractivity contribution in [1.29, 1.82) is 0 Å². The molecule has 0 bridgehead atoms. The smallest absolute Gasteiger partial charge is 0.254 e. The van der Waals surface area contributed by atoms with Gasteiger partial charge in [-0.2, -0.15) is 0 Å². The maximum absolute atomic E-state index is 12.8. The summed E-state index contributed by atoms with van der Waals surface area (Å²) in [7, 11) is 0. The van der Waals surface area contributed by atoms with Gasteiger partial charge in [-0.15, -0.1) is 0 Å². The number of carbonyl (C=O) groups is 1. The Morgan fingerprint density at radius 3 is 2.52 bits per heavy atom. The molecule has 2 aliphatic rings. The maximum Gasteiger partial charge on any atom is 0.254 e. The second kappa shape index (κ2) is 7.32. The van der Waals surface area contributed by atoms with Gasteiger partial charge < -0.3 is 9.64 Å². The molecule has 0 N–H and O–H groups in total. The normalized spacial score (nSPS) is 29.0. The molecule has 0 radical (unpaired) electrons. The Balaban J connectivity index is 1.65. The average molecular weight is 381 g/mol. The summed E-state index contributed by atoms with van der Waals surface area (Å²) in [6.07, 6.45) is 2.75. The van der Waals surface area contributed by atoms with Crippen LogP contribution < -0.4 is 0 Å². The van der Waals surface area contributed by atoms with Crippen LogP contribution >= 0.6 is 15.9 Å². The summed E-state index contributed by atoms with van der Waals surface area (Å²) in [4.78, 5) is 17.3. The minimum atomic E-state index is 0.161. The maximum atomic E-state index is 12.8. The van der Waals surface area contributed by atoms with Gasteiger partial charge in [0.1, 0.15) is 0 Å². The summed E-state index contributed by atoms with van der Waals surface area (Å²) in [5.74, 6) is 0.161. The lowest BCUT2D eigenvalue weighted by Crippen LogP contribution is -2.50. The summed E-state index contributed by atoms with van der Waals surface area (Å²) < 4.78 is 6.81. The van der Waals surface area contributed by atoms with E-state index in [1.54, 1.807) is 0 Å². The Labute approximate surface area is 146 Å². The molecule has 2 saturated heterocycles. The monoisotopic (exact) mass is 380 g/mol. The molecular formula is C18H25BrN2O2. The Kier molecular flexibility index (Phi) is 5.39. The van der Waals surface area contributed by atoms with Crippen LogP contribution in [-0.4, -0.2) is 60.1 Å². The Hall–Kier alpha value is -0.910. The number of amides is 1. The number of benzene rings is 1. The fourth-order valence-electron chi connectivity index (χ4n) is 3.78. The molecule has 0 aliphatic carbocycles. The second-order valence-electron chi connectivity index (χ2n) is 6.78. The summed E-state index contributed by atoms with van der Waals surface area (Å²) in [5.41, 5.74) is 0.781. The molecule has 0 aromatic heterocycles. The van der Waals surface area contributed by atoms with Crippen molar-refractivity contribution in [3.8, 4) is 0 Å². The molecule has 1 amide bonds. The highest BCUT2D eigenvalue weighted by molar-refractivity contribution is 9.10. The van der Waals surface area contributed by atoms with Crippen LogP contribution in [0, 0.1) is 0 Å². The van der Waals surface area contributed by atoms with E-state index >= 15 is 0 Å². The van der Waals surface area contributed by atoms with Gasteiger partial charge in [0.25, 0.3) is 5.91 Å². The quantitative estimate of drug-likeness (QED) is 0.807. The van der Waals surface area contributed by atoms with Gasteiger partial charge in [-0.05, 0) is 51.0 Å². The second-order valence-corrected chi connectivity index (χ2v) is 7.69. The molecule has 2 aliphatic heterocycles. The molecule has 1 aromatic rings. The highest BCUT2D eigenvalue weighted by Gasteiger charge is 2.32. The SMILES string of the molecule is C[C@@H]1CN(C[C@@H]2CCCN2C(=O)c2ccc(Br)cc2)C[C@H](C)O1. The highest BCUT2D eigenvalue weighted by Crippen LogP contribution is 2.23. The predicted octanol–water partition coefficient (Wildman–Crippen LogP) is 3.16. The fourth-order valence-corrected chi connectivity index (χ4v) is 4.05. The third-order valence-corrected chi connectivity index (χ3v) is 5.22. The van der Waals surface area contributed by atoms with Crippen LogP contribution in [0.3, 0.4) is 0 Å². The third-order valence-electron chi connectivity index (χ3n) is 4.69. The van der Waals surface area contributed by atoms with Gasteiger partial charge in [0, 0.05) is 42.3 Å². The molecule has 0 unspecified atom stereocenters. The van der Waals surface area contributed by atoms with Crippen LogP contribution in [0.5, 0.6) is 0 Å². The van der Waals surface area contributed by atoms with E-state index in [-0.39, 0.29) is 18.1 Å². The Morgan fingerprint density at radius 1 is 1.22 bits per heavy atom. The summed E-state index contributed by atoms with van der Waals surface area (Å²) in [6, 6.07) is 8.00. The number of hydrogen-bond donors (Lipinski definition) is 0. The first kappa shape index (κ1) is 16.9. The molecular weight excluding hydrogens is 356 g/mol. The zero-order valence-electron chi connectivity index (χ0n) is 13.9. The Morgan fingerprint density at radius 2 is 1.87 bits per heavy atom. The summed E-state index contributed by atoms with van der Waals surface area (Å²) in [6.45, 7) is 8.00. The van der Waals surface area contributed by atoms with Crippen LogP contribution in [0.1, 0.15) is 37.0 Å².